The van der Waals surface area contributed by atoms with Crippen molar-refractivity contribution >= 4 is 23.1 Å². The predicted molar refractivity (Wildman–Crippen MR) is 106 cm³/mol. The van der Waals surface area contributed by atoms with Crippen LogP contribution in [0.2, 0.25) is 0 Å². The Morgan fingerprint density at radius 3 is 2.59 bits per heavy atom. The number of aryl methyl sites for hydroxylation is 2. The summed E-state index contributed by atoms with van der Waals surface area (Å²) in [5.74, 6) is -0.394. The maximum atomic E-state index is 12.5. The van der Waals surface area contributed by atoms with Crippen LogP contribution in [0.5, 0.6) is 0 Å². The molecule has 3 rings (SSSR count). The number of para-hydroxylation sites is 1. The van der Waals surface area contributed by atoms with E-state index in [-0.39, 0.29) is 6.61 Å². The van der Waals surface area contributed by atoms with E-state index >= 15 is 0 Å². The molecule has 0 radical (unpaired) electrons. The van der Waals surface area contributed by atoms with Gasteiger partial charge in [0.05, 0.1) is 29.6 Å². The van der Waals surface area contributed by atoms with Crippen molar-refractivity contribution in [2.75, 3.05) is 6.61 Å². The number of pyridine rings is 1. The first kappa shape index (κ1) is 18.6. The van der Waals surface area contributed by atoms with Gasteiger partial charge < -0.3 is 9.57 Å². The highest BCUT2D eigenvalue weighted by Gasteiger charge is 2.20. The Labute approximate surface area is 158 Å². The van der Waals surface area contributed by atoms with Crippen molar-refractivity contribution in [2.24, 2.45) is 5.16 Å². The van der Waals surface area contributed by atoms with Gasteiger partial charge in [-0.25, -0.2) is 9.78 Å². The van der Waals surface area contributed by atoms with E-state index in [9.17, 15) is 4.79 Å². The lowest BCUT2D eigenvalue weighted by Crippen LogP contribution is -2.13. The summed E-state index contributed by atoms with van der Waals surface area (Å²) in [4.78, 5) is 22.5. The summed E-state index contributed by atoms with van der Waals surface area (Å²) in [5, 5.41) is 4.93. The molecule has 1 aromatic heterocycles. The zero-order valence-electron chi connectivity index (χ0n) is 15.7. The standard InChI is InChI=1S/C22H22N2O3/c1-4-26-22(25)21-16(3)18-7-5-6-8-19(18)24-20(21)14-27-23-13-17-11-9-15(2)10-12-17/h5-13H,4,14H2,1-3H3/b23-13-. The third-order valence-corrected chi connectivity index (χ3v) is 4.26. The smallest absolute Gasteiger partial charge is 0.340 e. The molecule has 0 spiro atoms. The molecule has 0 atom stereocenters. The predicted octanol–water partition coefficient (Wildman–Crippen LogP) is 4.58. The molecule has 0 aliphatic carbocycles. The lowest BCUT2D eigenvalue weighted by molar-refractivity contribution is 0.0517. The number of aromatic nitrogens is 1. The minimum absolute atomic E-state index is 0.0855. The number of fused-ring (bicyclic) bond motifs is 1. The van der Waals surface area contributed by atoms with Crippen LogP contribution in [0, 0.1) is 13.8 Å². The van der Waals surface area contributed by atoms with E-state index in [1.807, 2.05) is 62.4 Å². The van der Waals surface area contributed by atoms with E-state index in [4.69, 9.17) is 9.57 Å². The van der Waals surface area contributed by atoms with Crippen LogP contribution in [-0.2, 0) is 16.2 Å². The molecule has 0 saturated carbocycles. The Kier molecular flexibility index (Phi) is 5.81. The fraction of sp³-hybridized carbons (Fsp3) is 0.227. The molecule has 5 nitrogen and oxygen atoms in total. The summed E-state index contributed by atoms with van der Waals surface area (Å²) in [7, 11) is 0. The first-order chi connectivity index (χ1) is 13.1. The summed E-state index contributed by atoms with van der Waals surface area (Å²) in [6, 6.07) is 15.6. The SMILES string of the molecule is CCOC(=O)c1c(CO/N=C\c2ccc(C)cc2)nc2ccccc2c1C. The van der Waals surface area contributed by atoms with Gasteiger partial charge in [-0.2, -0.15) is 0 Å². The normalized spacial score (nSPS) is 11.1. The molecule has 0 saturated heterocycles. The minimum Gasteiger partial charge on any atom is -0.462 e. The molecule has 2 aromatic carbocycles. The zero-order chi connectivity index (χ0) is 19.2. The molecule has 0 aliphatic rings. The highest BCUT2D eigenvalue weighted by molar-refractivity contribution is 5.98. The van der Waals surface area contributed by atoms with E-state index in [0.717, 1.165) is 22.0 Å². The minimum atomic E-state index is -0.394. The number of oxime groups is 1. The van der Waals surface area contributed by atoms with Crippen molar-refractivity contribution in [3.63, 3.8) is 0 Å². The Morgan fingerprint density at radius 2 is 1.85 bits per heavy atom. The quantitative estimate of drug-likeness (QED) is 0.366. The molecule has 0 unspecified atom stereocenters. The second kappa shape index (κ2) is 8.45. The van der Waals surface area contributed by atoms with Crippen LogP contribution in [0.25, 0.3) is 10.9 Å². The number of hydrogen-bond acceptors (Lipinski definition) is 5. The Hall–Kier alpha value is -3.21. The van der Waals surface area contributed by atoms with E-state index < -0.39 is 5.97 Å². The zero-order valence-corrected chi connectivity index (χ0v) is 15.7. The Balaban J connectivity index is 1.86. The number of benzene rings is 2. The average molecular weight is 362 g/mol. The van der Waals surface area contributed by atoms with Gasteiger partial charge in [0.2, 0.25) is 0 Å². The highest BCUT2D eigenvalue weighted by atomic mass is 16.6. The monoisotopic (exact) mass is 362 g/mol. The lowest BCUT2D eigenvalue weighted by Gasteiger charge is -2.13. The number of ether oxygens (including phenoxy) is 1. The molecule has 3 aromatic rings. The molecule has 0 N–H and O–H groups in total. The van der Waals surface area contributed by atoms with Crippen LogP contribution in [0.1, 0.15) is 39.7 Å². The molecule has 27 heavy (non-hydrogen) atoms. The van der Waals surface area contributed by atoms with Crippen LogP contribution >= 0.6 is 0 Å². The van der Waals surface area contributed by atoms with Crippen LogP contribution in [0.3, 0.4) is 0 Å². The molecule has 5 heteroatoms. The number of esters is 1. The number of carbonyl (C=O) groups excluding carboxylic acids is 1. The molecule has 0 fully saturated rings. The molecule has 138 valence electrons. The summed E-state index contributed by atoms with van der Waals surface area (Å²) in [5.41, 5.74) is 4.73. The maximum absolute atomic E-state index is 12.5. The fourth-order valence-electron chi connectivity index (χ4n) is 2.87. The van der Waals surface area contributed by atoms with Gasteiger partial charge in [-0.15, -0.1) is 0 Å². The van der Waals surface area contributed by atoms with Gasteiger partial charge in [-0.05, 0) is 38.0 Å². The topological polar surface area (TPSA) is 60.8 Å². The van der Waals surface area contributed by atoms with Gasteiger partial charge in [0, 0.05) is 5.39 Å². The number of nitrogens with zero attached hydrogens (tertiary/aromatic N) is 2. The summed E-state index contributed by atoms with van der Waals surface area (Å²) in [6.07, 6.45) is 1.64. The van der Waals surface area contributed by atoms with Crippen molar-refractivity contribution < 1.29 is 14.4 Å². The number of carbonyl (C=O) groups is 1. The number of rotatable bonds is 6. The van der Waals surface area contributed by atoms with Gasteiger partial charge in [0.1, 0.15) is 0 Å². The second-order valence-electron chi connectivity index (χ2n) is 6.21. The molecule has 1 heterocycles. The lowest BCUT2D eigenvalue weighted by atomic mass is 10.0. The van der Waals surface area contributed by atoms with Crippen molar-refractivity contribution in [3.8, 4) is 0 Å². The van der Waals surface area contributed by atoms with E-state index in [0.29, 0.717) is 17.9 Å². The Morgan fingerprint density at radius 1 is 1.11 bits per heavy atom. The van der Waals surface area contributed by atoms with Crippen LogP contribution < -0.4 is 0 Å². The van der Waals surface area contributed by atoms with Gasteiger partial charge in [0.25, 0.3) is 0 Å². The third-order valence-electron chi connectivity index (χ3n) is 4.26. The average Bonchev–Trinajstić information content (AvgIpc) is 2.67. The van der Waals surface area contributed by atoms with Gasteiger partial charge in [-0.1, -0.05) is 53.2 Å². The van der Waals surface area contributed by atoms with Crippen molar-refractivity contribution in [3.05, 3.63) is 76.5 Å². The van der Waals surface area contributed by atoms with Gasteiger partial charge in [-0.3, -0.25) is 0 Å². The summed E-state index contributed by atoms with van der Waals surface area (Å²) >= 11 is 0. The fourth-order valence-corrected chi connectivity index (χ4v) is 2.87. The molecule has 0 amide bonds. The van der Waals surface area contributed by atoms with Crippen LogP contribution in [-0.4, -0.2) is 23.8 Å². The van der Waals surface area contributed by atoms with Crippen LogP contribution in [0.15, 0.2) is 53.7 Å². The van der Waals surface area contributed by atoms with E-state index in [2.05, 4.69) is 10.1 Å². The second-order valence-corrected chi connectivity index (χ2v) is 6.21. The van der Waals surface area contributed by atoms with E-state index in [1.165, 1.54) is 5.56 Å². The largest absolute Gasteiger partial charge is 0.462 e. The van der Waals surface area contributed by atoms with Gasteiger partial charge in [0.15, 0.2) is 6.61 Å². The number of hydrogen-bond donors (Lipinski definition) is 0. The van der Waals surface area contributed by atoms with E-state index in [1.54, 1.807) is 13.1 Å². The summed E-state index contributed by atoms with van der Waals surface area (Å²) < 4.78 is 5.21. The van der Waals surface area contributed by atoms with Crippen molar-refractivity contribution in [1.29, 1.82) is 0 Å². The van der Waals surface area contributed by atoms with Crippen molar-refractivity contribution in [1.82, 2.24) is 4.98 Å². The first-order valence-electron chi connectivity index (χ1n) is 8.87. The molecule has 0 aliphatic heterocycles. The highest BCUT2D eigenvalue weighted by Crippen LogP contribution is 2.24. The molecular weight excluding hydrogens is 340 g/mol. The van der Waals surface area contributed by atoms with Crippen molar-refractivity contribution in [2.45, 2.75) is 27.4 Å². The molecular formula is C22H22N2O3. The van der Waals surface area contributed by atoms with Gasteiger partial charge >= 0.3 is 5.97 Å². The maximum Gasteiger partial charge on any atom is 0.340 e. The molecule has 0 bridgehead atoms. The summed E-state index contributed by atoms with van der Waals surface area (Å²) in [6.45, 7) is 6.10. The third kappa shape index (κ3) is 4.31. The van der Waals surface area contributed by atoms with Crippen LogP contribution in [0.4, 0.5) is 0 Å². The Bertz CT molecular complexity index is 979. The first-order valence-corrected chi connectivity index (χ1v) is 8.87.